The summed E-state index contributed by atoms with van der Waals surface area (Å²) in [5, 5.41) is 14.6. The minimum Gasteiger partial charge on any atom is -0.396 e. The molecular weight excluding hydrogens is 328 g/mol. The molecule has 0 saturated carbocycles. The van der Waals surface area contributed by atoms with Crippen molar-refractivity contribution >= 4 is 27.5 Å². The molecule has 1 N–H and O–H groups in total. The predicted octanol–water partition coefficient (Wildman–Crippen LogP) is 3.46. The van der Waals surface area contributed by atoms with Crippen molar-refractivity contribution in [1.82, 2.24) is 9.78 Å². The monoisotopic (exact) mass is 342 g/mol. The highest BCUT2D eigenvalue weighted by Crippen LogP contribution is 2.27. The van der Waals surface area contributed by atoms with Crippen molar-refractivity contribution in [1.29, 1.82) is 0 Å². The quantitative estimate of drug-likeness (QED) is 0.923. The van der Waals surface area contributed by atoms with Gasteiger partial charge in [0.2, 0.25) is 0 Å². The number of aliphatic hydroxyl groups is 1. The minimum atomic E-state index is 0.0356. The van der Waals surface area contributed by atoms with E-state index in [9.17, 15) is 5.11 Å². The predicted molar refractivity (Wildman–Crippen MR) is 80.6 cm³/mol. The largest absolute Gasteiger partial charge is 0.396 e. The summed E-state index contributed by atoms with van der Waals surface area (Å²) < 4.78 is 2.70. The second-order valence-electron chi connectivity index (χ2n) is 4.61. The number of nitrogens with zero attached hydrogens (tertiary/aromatic N) is 2. The number of aromatic nitrogens is 2. The third kappa shape index (κ3) is 3.19. The van der Waals surface area contributed by atoms with Gasteiger partial charge in [-0.3, -0.25) is 4.68 Å². The Kier molecular flexibility index (Phi) is 4.66. The average molecular weight is 344 g/mol. The zero-order chi connectivity index (χ0) is 14.0. The number of hydrogen-bond donors (Lipinski definition) is 1. The van der Waals surface area contributed by atoms with Gasteiger partial charge in [-0.05, 0) is 31.0 Å². The molecule has 0 fully saturated rings. The molecule has 102 valence electrons. The zero-order valence-electron chi connectivity index (χ0n) is 10.9. The van der Waals surface area contributed by atoms with Crippen molar-refractivity contribution in [2.45, 2.75) is 19.3 Å². The van der Waals surface area contributed by atoms with Crippen LogP contribution in [0.1, 0.15) is 22.7 Å². The van der Waals surface area contributed by atoms with Crippen molar-refractivity contribution in [3.05, 3.63) is 50.7 Å². The summed E-state index contributed by atoms with van der Waals surface area (Å²) in [5.41, 5.74) is 3.03. The van der Waals surface area contributed by atoms with Crippen LogP contribution in [0.2, 0.25) is 5.15 Å². The molecule has 0 saturated heterocycles. The molecule has 3 nitrogen and oxygen atoms in total. The normalized spacial score (nSPS) is 12.7. The summed E-state index contributed by atoms with van der Waals surface area (Å²) in [6, 6.07) is 8.00. The molecule has 0 radical (unpaired) electrons. The summed E-state index contributed by atoms with van der Waals surface area (Å²) in [7, 11) is 1.83. The van der Waals surface area contributed by atoms with Gasteiger partial charge in [0.25, 0.3) is 0 Å². The molecule has 1 aromatic heterocycles. The highest BCUT2D eigenvalue weighted by atomic mass is 79.9. The van der Waals surface area contributed by atoms with E-state index in [4.69, 9.17) is 11.6 Å². The second-order valence-corrected chi connectivity index (χ2v) is 5.89. The van der Waals surface area contributed by atoms with Crippen LogP contribution < -0.4 is 0 Å². The maximum atomic E-state index is 9.62. The first kappa shape index (κ1) is 14.6. The summed E-state index contributed by atoms with van der Waals surface area (Å²) in [6.07, 6.45) is 0.691. The average Bonchev–Trinajstić information content (AvgIpc) is 2.63. The van der Waals surface area contributed by atoms with Crippen molar-refractivity contribution in [2.24, 2.45) is 7.05 Å². The van der Waals surface area contributed by atoms with Gasteiger partial charge in [0.15, 0.2) is 0 Å². The third-order valence-corrected chi connectivity index (χ3v) is 4.28. The zero-order valence-corrected chi connectivity index (χ0v) is 13.2. The van der Waals surface area contributed by atoms with Crippen LogP contribution in [0.15, 0.2) is 28.7 Å². The number of hydrogen-bond acceptors (Lipinski definition) is 2. The number of aliphatic hydroxyl groups excluding tert-OH is 1. The fourth-order valence-electron chi connectivity index (χ4n) is 2.17. The molecule has 1 atom stereocenters. The molecule has 2 rings (SSSR count). The summed E-state index contributed by atoms with van der Waals surface area (Å²) in [4.78, 5) is 0. The van der Waals surface area contributed by atoms with Crippen molar-refractivity contribution in [2.75, 3.05) is 6.61 Å². The third-order valence-electron chi connectivity index (χ3n) is 3.28. The first-order chi connectivity index (χ1) is 9.02. The molecule has 5 heteroatoms. The Morgan fingerprint density at radius 3 is 2.47 bits per heavy atom. The molecule has 0 bridgehead atoms. The molecule has 1 unspecified atom stereocenters. The summed E-state index contributed by atoms with van der Waals surface area (Å²) >= 11 is 9.65. The molecule has 1 aromatic carbocycles. The molecule has 2 aromatic rings. The molecule has 1 heterocycles. The van der Waals surface area contributed by atoms with E-state index in [2.05, 4.69) is 21.0 Å². The maximum Gasteiger partial charge on any atom is 0.130 e. The Labute approximate surface area is 126 Å². The van der Waals surface area contributed by atoms with Crippen LogP contribution in [0.4, 0.5) is 0 Å². The van der Waals surface area contributed by atoms with Crippen LogP contribution in [0.3, 0.4) is 0 Å². The van der Waals surface area contributed by atoms with Gasteiger partial charge in [-0.15, -0.1) is 0 Å². The Balaban J connectivity index is 2.26. The number of halogens is 2. The van der Waals surface area contributed by atoms with Crippen LogP contribution in [0.5, 0.6) is 0 Å². The molecular formula is C14H16BrClN2O. The van der Waals surface area contributed by atoms with Crippen LogP contribution in [0.25, 0.3) is 0 Å². The first-order valence-corrected chi connectivity index (χ1v) is 7.24. The van der Waals surface area contributed by atoms with Crippen LogP contribution in [-0.4, -0.2) is 21.5 Å². The van der Waals surface area contributed by atoms with E-state index in [0.717, 1.165) is 21.3 Å². The van der Waals surface area contributed by atoms with Crippen LogP contribution >= 0.6 is 27.5 Å². The highest BCUT2D eigenvalue weighted by Gasteiger charge is 2.18. The Bertz CT molecular complexity index is 566. The molecule has 0 aliphatic heterocycles. The van der Waals surface area contributed by atoms with Crippen molar-refractivity contribution in [3.8, 4) is 0 Å². The second kappa shape index (κ2) is 6.07. The van der Waals surface area contributed by atoms with Gasteiger partial charge in [-0.2, -0.15) is 5.10 Å². The number of rotatable bonds is 4. The van der Waals surface area contributed by atoms with Crippen LogP contribution in [-0.2, 0) is 13.5 Å². The van der Waals surface area contributed by atoms with Crippen LogP contribution in [0, 0.1) is 6.92 Å². The van der Waals surface area contributed by atoms with Gasteiger partial charge in [0, 0.05) is 23.0 Å². The molecule has 0 aliphatic carbocycles. The van der Waals surface area contributed by atoms with E-state index >= 15 is 0 Å². The maximum absolute atomic E-state index is 9.62. The Morgan fingerprint density at radius 2 is 2.00 bits per heavy atom. The van der Waals surface area contributed by atoms with E-state index in [-0.39, 0.29) is 12.5 Å². The van der Waals surface area contributed by atoms with Crippen molar-refractivity contribution in [3.63, 3.8) is 0 Å². The van der Waals surface area contributed by atoms with Gasteiger partial charge in [-0.1, -0.05) is 39.7 Å². The van der Waals surface area contributed by atoms with E-state index in [1.165, 1.54) is 0 Å². The molecule has 0 spiro atoms. The number of benzene rings is 1. The lowest BCUT2D eigenvalue weighted by Gasteiger charge is -2.14. The van der Waals surface area contributed by atoms with E-state index in [0.29, 0.717) is 11.6 Å². The summed E-state index contributed by atoms with van der Waals surface area (Å²) in [5.74, 6) is 0.0356. The fourth-order valence-corrected chi connectivity index (χ4v) is 2.69. The van der Waals surface area contributed by atoms with Gasteiger partial charge in [0.1, 0.15) is 5.15 Å². The Hall–Kier alpha value is -0.840. The fraction of sp³-hybridized carbons (Fsp3) is 0.357. The number of aryl methyl sites for hydroxylation is 2. The lowest BCUT2D eigenvalue weighted by molar-refractivity contribution is 0.264. The molecule has 0 aliphatic rings. The van der Waals surface area contributed by atoms with Gasteiger partial charge in [-0.25, -0.2) is 0 Å². The molecule has 0 amide bonds. The first-order valence-electron chi connectivity index (χ1n) is 6.07. The van der Waals surface area contributed by atoms with E-state index in [1.807, 2.05) is 38.2 Å². The minimum absolute atomic E-state index is 0.0356. The SMILES string of the molecule is Cc1nn(C)c(Cl)c1CC(CO)c1ccc(Br)cc1. The standard InChI is InChI=1S/C14H16BrClN2O/c1-9-13(14(16)18(2)17-9)7-11(8-19)10-3-5-12(15)6-4-10/h3-6,11,19H,7-8H2,1-2H3. The molecule has 19 heavy (non-hydrogen) atoms. The van der Waals surface area contributed by atoms with E-state index in [1.54, 1.807) is 4.68 Å². The van der Waals surface area contributed by atoms with Gasteiger partial charge < -0.3 is 5.11 Å². The van der Waals surface area contributed by atoms with Crippen molar-refractivity contribution < 1.29 is 5.11 Å². The highest BCUT2D eigenvalue weighted by molar-refractivity contribution is 9.10. The summed E-state index contributed by atoms with van der Waals surface area (Å²) in [6.45, 7) is 2.03. The lowest BCUT2D eigenvalue weighted by atomic mass is 9.93. The topological polar surface area (TPSA) is 38.0 Å². The van der Waals surface area contributed by atoms with Gasteiger partial charge in [0.05, 0.1) is 12.3 Å². The Morgan fingerprint density at radius 1 is 1.37 bits per heavy atom. The smallest absolute Gasteiger partial charge is 0.130 e. The lowest BCUT2D eigenvalue weighted by Crippen LogP contribution is -2.08. The van der Waals surface area contributed by atoms with Gasteiger partial charge >= 0.3 is 0 Å². The van der Waals surface area contributed by atoms with E-state index < -0.39 is 0 Å².